The molecule has 2 aromatic carbocycles. The summed E-state index contributed by atoms with van der Waals surface area (Å²) in [4.78, 5) is 1.64. The number of hydrogen-bond acceptors (Lipinski definition) is 5. The highest BCUT2D eigenvalue weighted by Gasteiger charge is 2.39. The van der Waals surface area contributed by atoms with Crippen LogP contribution in [0.3, 0.4) is 0 Å². The number of thiophene rings is 1. The second-order valence-electron chi connectivity index (χ2n) is 8.03. The lowest BCUT2D eigenvalue weighted by Crippen LogP contribution is -2.29. The minimum absolute atomic E-state index is 0.207. The molecule has 3 aromatic rings. The number of fused-ring (bicyclic) bond motifs is 3. The van der Waals surface area contributed by atoms with Crippen LogP contribution in [0.1, 0.15) is 34.4 Å². The summed E-state index contributed by atoms with van der Waals surface area (Å²) in [5, 5.41) is 5.83. The highest BCUT2D eigenvalue weighted by Crippen LogP contribution is 2.51. The molecule has 0 saturated carbocycles. The molecule has 1 aromatic heterocycles. The lowest BCUT2D eigenvalue weighted by Gasteiger charge is -2.37. The molecule has 2 N–H and O–H groups in total. The predicted molar refractivity (Wildman–Crippen MR) is 126 cm³/mol. The van der Waals surface area contributed by atoms with E-state index in [1.54, 1.807) is 48.8 Å². The molecule has 160 valence electrons. The summed E-state index contributed by atoms with van der Waals surface area (Å²) in [6.45, 7) is 2.15. The van der Waals surface area contributed by atoms with Gasteiger partial charge in [0.05, 0.1) is 18.0 Å². The third kappa shape index (κ3) is 3.62. The second kappa shape index (κ2) is 7.73. The summed E-state index contributed by atoms with van der Waals surface area (Å²) in [6, 6.07) is 14.6. The molecule has 31 heavy (non-hydrogen) atoms. The number of benzene rings is 2. The van der Waals surface area contributed by atoms with Gasteiger partial charge in [-0.25, -0.2) is 8.42 Å². The van der Waals surface area contributed by atoms with E-state index in [4.69, 9.17) is 4.74 Å². The van der Waals surface area contributed by atoms with Crippen LogP contribution in [0.25, 0.3) is 0 Å². The van der Waals surface area contributed by atoms with Crippen LogP contribution >= 0.6 is 11.3 Å². The summed E-state index contributed by atoms with van der Waals surface area (Å²) in [5.74, 6) is 1.27. The molecule has 7 heteroatoms. The van der Waals surface area contributed by atoms with Gasteiger partial charge in [0.25, 0.3) is 10.0 Å². The Hall–Kier alpha value is -2.77. The van der Waals surface area contributed by atoms with E-state index in [0.717, 1.165) is 17.7 Å². The Kier molecular flexibility index (Phi) is 5.02. The number of allylic oxidation sites excluding steroid dienone is 2. The topological polar surface area (TPSA) is 67.4 Å². The first kappa shape index (κ1) is 20.2. The van der Waals surface area contributed by atoms with Gasteiger partial charge in [-0.05, 0) is 84.3 Å². The first-order valence-corrected chi connectivity index (χ1v) is 12.6. The maximum Gasteiger partial charge on any atom is 0.261 e. The second-order valence-corrected chi connectivity index (χ2v) is 10.7. The molecule has 5 rings (SSSR count). The quantitative estimate of drug-likeness (QED) is 0.488. The molecule has 0 bridgehead atoms. The van der Waals surface area contributed by atoms with E-state index < -0.39 is 10.0 Å². The monoisotopic (exact) mass is 452 g/mol. The van der Waals surface area contributed by atoms with Crippen LogP contribution in [0.5, 0.6) is 5.75 Å². The van der Waals surface area contributed by atoms with Crippen molar-refractivity contribution in [2.45, 2.75) is 30.2 Å². The van der Waals surface area contributed by atoms with Gasteiger partial charge in [0, 0.05) is 22.2 Å². The van der Waals surface area contributed by atoms with Gasteiger partial charge < -0.3 is 10.1 Å². The highest BCUT2D eigenvalue weighted by atomic mass is 32.2. The first-order chi connectivity index (χ1) is 15.0. The van der Waals surface area contributed by atoms with Crippen molar-refractivity contribution in [3.05, 3.63) is 82.1 Å². The number of aryl methyl sites for hydroxylation is 1. The van der Waals surface area contributed by atoms with Gasteiger partial charge in [0.1, 0.15) is 5.75 Å². The zero-order chi connectivity index (χ0) is 21.6. The normalized spacial score (nSPS) is 21.8. The van der Waals surface area contributed by atoms with E-state index >= 15 is 0 Å². The minimum atomic E-state index is -3.70. The van der Waals surface area contributed by atoms with Crippen LogP contribution in [-0.2, 0) is 10.0 Å². The SMILES string of the molecule is COc1ccc(NS(=O)(=O)c2ccc3c(c2)C2C=CCC2C(c2sccc2C)N3)cc1. The van der Waals surface area contributed by atoms with Crippen LogP contribution in [0.2, 0.25) is 0 Å². The summed E-state index contributed by atoms with van der Waals surface area (Å²) < 4.78 is 33.9. The number of sulfonamides is 1. The lowest BCUT2D eigenvalue weighted by atomic mass is 9.78. The Balaban J connectivity index is 1.47. The van der Waals surface area contributed by atoms with E-state index in [-0.39, 0.29) is 16.9 Å². The Bertz CT molecular complexity index is 1250. The first-order valence-electron chi connectivity index (χ1n) is 10.2. The summed E-state index contributed by atoms with van der Waals surface area (Å²) >= 11 is 1.79. The third-order valence-corrected chi connectivity index (χ3v) is 8.65. The predicted octanol–water partition coefficient (Wildman–Crippen LogP) is 5.69. The zero-order valence-electron chi connectivity index (χ0n) is 17.3. The molecule has 3 unspecified atom stereocenters. The largest absolute Gasteiger partial charge is 0.497 e. The van der Waals surface area contributed by atoms with Crippen molar-refractivity contribution in [2.75, 3.05) is 17.1 Å². The fourth-order valence-electron chi connectivity index (χ4n) is 4.58. The van der Waals surface area contributed by atoms with Crippen LogP contribution < -0.4 is 14.8 Å². The molecule has 0 saturated heterocycles. The number of ether oxygens (including phenoxy) is 1. The Labute approximate surface area is 186 Å². The number of hydrogen-bond donors (Lipinski definition) is 2. The molecule has 0 fully saturated rings. The van der Waals surface area contributed by atoms with Crippen molar-refractivity contribution in [1.82, 2.24) is 0 Å². The molecule has 0 amide bonds. The Morgan fingerprint density at radius 1 is 1.13 bits per heavy atom. The van der Waals surface area contributed by atoms with Crippen molar-refractivity contribution in [2.24, 2.45) is 5.92 Å². The molecule has 1 aliphatic heterocycles. The smallest absolute Gasteiger partial charge is 0.261 e. The van der Waals surface area contributed by atoms with Crippen LogP contribution in [0.4, 0.5) is 11.4 Å². The zero-order valence-corrected chi connectivity index (χ0v) is 19.0. The molecule has 2 heterocycles. The van der Waals surface area contributed by atoms with E-state index in [0.29, 0.717) is 17.4 Å². The number of nitrogens with one attached hydrogen (secondary N) is 2. The average molecular weight is 453 g/mol. The number of methoxy groups -OCH3 is 1. The van der Waals surface area contributed by atoms with E-state index in [1.807, 2.05) is 12.1 Å². The van der Waals surface area contributed by atoms with Crippen molar-refractivity contribution in [1.29, 1.82) is 0 Å². The lowest BCUT2D eigenvalue weighted by molar-refractivity contribution is 0.415. The molecular weight excluding hydrogens is 428 g/mol. The average Bonchev–Trinajstić information content (AvgIpc) is 3.42. The molecule has 0 spiro atoms. The van der Waals surface area contributed by atoms with Crippen molar-refractivity contribution < 1.29 is 13.2 Å². The highest BCUT2D eigenvalue weighted by molar-refractivity contribution is 7.92. The van der Waals surface area contributed by atoms with Crippen molar-refractivity contribution in [3.63, 3.8) is 0 Å². The molecule has 2 aliphatic rings. The molecule has 0 radical (unpaired) electrons. The molecule has 3 atom stereocenters. The number of rotatable bonds is 5. The standard InChI is InChI=1S/C24H24N2O3S2/c1-15-12-13-30-24(15)23-20-5-3-4-19(20)21-14-18(10-11-22(21)25-23)31(27,28)26-16-6-8-17(29-2)9-7-16/h3-4,6-14,19-20,23,25-26H,5H2,1-2H3. The fraction of sp³-hybridized carbons (Fsp3) is 0.250. The summed E-state index contributed by atoms with van der Waals surface area (Å²) in [7, 11) is -2.12. The van der Waals surface area contributed by atoms with Gasteiger partial charge in [-0.1, -0.05) is 12.2 Å². The molecule has 1 aliphatic carbocycles. The Morgan fingerprint density at radius 3 is 2.65 bits per heavy atom. The van der Waals surface area contributed by atoms with Crippen molar-refractivity contribution in [3.8, 4) is 5.75 Å². The summed E-state index contributed by atoms with van der Waals surface area (Å²) in [5.41, 5.74) is 3.86. The summed E-state index contributed by atoms with van der Waals surface area (Å²) in [6.07, 6.45) is 5.44. The van der Waals surface area contributed by atoms with Crippen LogP contribution in [0, 0.1) is 12.8 Å². The van der Waals surface area contributed by atoms with E-state index in [2.05, 4.69) is 40.6 Å². The van der Waals surface area contributed by atoms with Gasteiger partial charge in [-0.2, -0.15) is 0 Å². The molecular formula is C24H24N2O3S2. The third-order valence-electron chi connectivity index (χ3n) is 6.17. The van der Waals surface area contributed by atoms with Crippen LogP contribution in [0.15, 0.2) is 71.0 Å². The van der Waals surface area contributed by atoms with Crippen LogP contribution in [-0.4, -0.2) is 15.5 Å². The minimum Gasteiger partial charge on any atom is -0.497 e. The van der Waals surface area contributed by atoms with Crippen molar-refractivity contribution >= 4 is 32.7 Å². The van der Waals surface area contributed by atoms with Gasteiger partial charge in [-0.3, -0.25) is 4.72 Å². The van der Waals surface area contributed by atoms with Gasteiger partial charge in [-0.15, -0.1) is 11.3 Å². The van der Waals surface area contributed by atoms with Gasteiger partial charge >= 0.3 is 0 Å². The molecule has 5 nitrogen and oxygen atoms in total. The number of anilines is 2. The van der Waals surface area contributed by atoms with Gasteiger partial charge in [0.2, 0.25) is 0 Å². The van der Waals surface area contributed by atoms with E-state index in [9.17, 15) is 8.42 Å². The maximum absolute atomic E-state index is 13.1. The maximum atomic E-state index is 13.1. The Morgan fingerprint density at radius 2 is 1.94 bits per heavy atom. The van der Waals surface area contributed by atoms with Gasteiger partial charge in [0.15, 0.2) is 0 Å². The fourth-order valence-corrected chi connectivity index (χ4v) is 6.72. The van der Waals surface area contributed by atoms with E-state index in [1.165, 1.54) is 10.4 Å².